The van der Waals surface area contributed by atoms with Crippen molar-refractivity contribution in [3.05, 3.63) is 66.0 Å². The van der Waals surface area contributed by atoms with Crippen LogP contribution >= 0.6 is 23.5 Å². The molecule has 2 aromatic carbocycles. The third-order valence-corrected chi connectivity index (χ3v) is 8.15. The van der Waals surface area contributed by atoms with Gasteiger partial charge in [0, 0.05) is 17.2 Å². The summed E-state index contributed by atoms with van der Waals surface area (Å²) in [4.78, 5) is 39.2. The summed E-state index contributed by atoms with van der Waals surface area (Å²) in [7, 11) is 0. The van der Waals surface area contributed by atoms with Gasteiger partial charge in [-0.1, -0.05) is 30.3 Å². The summed E-state index contributed by atoms with van der Waals surface area (Å²) in [6.07, 6.45) is 0.182. The van der Waals surface area contributed by atoms with Crippen LogP contribution in [-0.2, 0) is 20.8 Å². The Morgan fingerprint density at radius 1 is 1.20 bits per heavy atom. The fourth-order valence-electron chi connectivity index (χ4n) is 3.52. The molecule has 2 aliphatic rings. The summed E-state index contributed by atoms with van der Waals surface area (Å²) in [5, 5.41) is 12.4. The lowest BCUT2D eigenvalue weighted by Gasteiger charge is -2.53. The average molecular weight is 447 g/mol. The predicted molar refractivity (Wildman–Crippen MR) is 113 cm³/mol. The van der Waals surface area contributed by atoms with Gasteiger partial charge < -0.3 is 15.3 Å². The van der Waals surface area contributed by atoms with Crippen LogP contribution in [0, 0.1) is 5.82 Å². The van der Waals surface area contributed by atoms with E-state index < -0.39 is 22.6 Å². The van der Waals surface area contributed by atoms with Crippen molar-refractivity contribution in [1.29, 1.82) is 0 Å². The Hall–Kier alpha value is -2.52. The monoisotopic (exact) mass is 446 g/mol. The van der Waals surface area contributed by atoms with Gasteiger partial charge in [-0.15, -0.1) is 23.5 Å². The fourth-order valence-corrected chi connectivity index (χ4v) is 6.36. The van der Waals surface area contributed by atoms with E-state index >= 15 is 0 Å². The van der Waals surface area contributed by atoms with E-state index in [-0.39, 0.29) is 35.9 Å². The van der Waals surface area contributed by atoms with Crippen LogP contribution in [0.1, 0.15) is 5.56 Å². The Balaban J connectivity index is 1.41. The molecule has 0 saturated carbocycles. The Morgan fingerprint density at radius 2 is 1.90 bits per heavy atom. The highest BCUT2D eigenvalue weighted by Crippen LogP contribution is 2.46. The van der Waals surface area contributed by atoms with Gasteiger partial charge in [0.2, 0.25) is 11.8 Å². The number of aliphatic carboxylic acids is 1. The molecule has 2 saturated heterocycles. The van der Waals surface area contributed by atoms with Crippen LogP contribution < -0.4 is 5.32 Å². The highest BCUT2D eigenvalue weighted by Gasteiger charge is 2.57. The number of halogens is 1. The lowest BCUT2D eigenvalue weighted by atomic mass is 10.0. The first-order valence-electron chi connectivity index (χ1n) is 9.31. The number of thioether (sulfide) groups is 2. The molecule has 156 valence electrons. The third-order valence-electron chi connectivity index (χ3n) is 5.10. The number of carboxylic acid groups (broad SMARTS) is 1. The molecule has 0 bridgehead atoms. The van der Waals surface area contributed by atoms with Crippen molar-refractivity contribution in [2.24, 2.45) is 0 Å². The second-order valence-electron chi connectivity index (χ2n) is 7.23. The maximum absolute atomic E-state index is 13.2. The minimum absolute atomic E-state index is 0.0337. The van der Waals surface area contributed by atoms with Crippen LogP contribution in [-0.4, -0.2) is 56.3 Å². The predicted octanol–water partition coefficient (Wildman–Crippen LogP) is 2.38. The van der Waals surface area contributed by atoms with Gasteiger partial charge in [0.25, 0.3) is 0 Å². The topological polar surface area (TPSA) is 86.7 Å². The molecule has 3 atom stereocenters. The average Bonchev–Trinajstić information content (AvgIpc) is 2.74. The number of amides is 2. The Labute approximate surface area is 181 Å². The maximum atomic E-state index is 13.2. The minimum Gasteiger partial charge on any atom is -0.480 e. The molecule has 2 N–H and O–H groups in total. The van der Waals surface area contributed by atoms with E-state index in [1.165, 1.54) is 40.9 Å². The first kappa shape index (κ1) is 20.7. The molecule has 0 aliphatic carbocycles. The van der Waals surface area contributed by atoms with Crippen molar-refractivity contribution in [1.82, 2.24) is 10.2 Å². The summed E-state index contributed by atoms with van der Waals surface area (Å²) in [6.45, 7) is 0.0337. The maximum Gasteiger partial charge on any atom is 0.322 e. The fraction of sp³-hybridized carbons (Fsp3) is 0.286. The number of hydrogen-bond acceptors (Lipinski definition) is 5. The lowest BCUT2D eigenvalue weighted by molar-refractivity contribution is -0.152. The zero-order valence-electron chi connectivity index (χ0n) is 15.8. The number of rotatable bonds is 6. The smallest absolute Gasteiger partial charge is 0.322 e. The van der Waals surface area contributed by atoms with Gasteiger partial charge in [-0.2, -0.15) is 0 Å². The number of carbonyl (C=O) groups is 3. The Kier molecular flexibility index (Phi) is 5.75. The van der Waals surface area contributed by atoms with Gasteiger partial charge in [0.1, 0.15) is 22.0 Å². The summed E-state index contributed by atoms with van der Waals surface area (Å²) < 4.78 is 11.9. The van der Waals surface area contributed by atoms with Gasteiger partial charge in [-0.05, 0) is 29.8 Å². The van der Waals surface area contributed by atoms with Crippen molar-refractivity contribution >= 4 is 41.3 Å². The second kappa shape index (κ2) is 8.31. The summed E-state index contributed by atoms with van der Waals surface area (Å²) in [6, 6.07) is 14.2. The molecule has 2 aliphatic heterocycles. The number of carbonyl (C=O) groups excluding carboxylic acids is 2. The van der Waals surface area contributed by atoms with Gasteiger partial charge in [0.15, 0.2) is 0 Å². The molecule has 6 nitrogen and oxygen atoms in total. The molecule has 4 rings (SSSR count). The van der Waals surface area contributed by atoms with E-state index in [0.29, 0.717) is 4.90 Å². The van der Waals surface area contributed by atoms with Crippen molar-refractivity contribution in [2.45, 2.75) is 27.5 Å². The van der Waals surface area contributed by atoms with Gasteiger partial charge >= 0.3 is 5.97 Å². The van der Waals surface area contributed by atoms with Crippen LogP contribution in [0.5, 0.6) is 0 Å². The molecule has 2 amide bonds. The number of nitrogens with one attached hydrogen (secondary N) is 1. The molecule has 2 fully saturated rings. The van der Waals surface area contributed by atoms with E-state index in [0.717, 1.165) is 17.3 Å². The van der Waals surface area contributed by atoms with E-state index in [1.807, 2.05) is 30.3 Å². The first-order valence-corrected chi connectivity index (χ1v) is 11.2. The van der Waals surface area contributed by atoms with Crippen LogP contribution in [0.3, 0.4) is 0 Å². The molecule has 2 heterocycles. The van der Waals surface area contributed by atoms with Gasteiger partial charge in [0.05, 0.1) is 6.42 Å². The number of benzene rings is 2. The number of fused-ring (bicyclic) bond motifs is 1. The van der Waals surface area contributed by atoms with E-state index in [2.05, 4.69) is 5.32 Å². The number of carboxylic acids is 1. The number of β-lactam (4-membered cyclic amide) rings is 1. The van der Waals surface area contributed by atoms with Crippen LogP contribution in [0.15, 0.2) is 59.5 Å². The normalized spacial score (nSPS) is 25.2. The van der Waals surface area contributed by atoms with E-state index in [4.69, 9.17) is 0 Å². The molecule has 0 spiro atoms. The van der Waals surface area contributed by atoms with Crippen molar-refractivity contribution < 1.29 is 23.9 Å². The zero-order chi connectivity index (χ0) is 21.3. The first-order chi connectivity index (χ1) is 14.4. The molecule has 2 aromatic rings. The molecule has 30 heavy (non-hydrogen) atoms. The summed E-state index contributed by atoms with van der Waals surface area (Å²) >= 11 is 2.46. The molecule has 0 radical (unpaired) electrons. The Morgan fingerprint density at radius 3 is 2.57 bits per heavy atom. The van der Waals surface area contributed by atoms with Crippen LogP contribution in [0.4, 0.5) is 4.39 Å². The zero-order valence-corrected chi connectivity index (χ0v) is 17.4. The number of hydrogen-bond donors (Lipinski definition) is 2. The van der Waals surface area contributed by atoms with Gasteiger partial charge in [-0.3, -0.25) is 14.4 Å². The van der Waals surface area contributed by atoms with E-state index in [9.17, 15) is 23.9 Å². The summed E-state index contributed by atoms with van der Waals surface area (Å²) in [5.41, 5.74) is 0.857. The van der Waals surface area contributed by atoms with Crippen LogP contribution in [0.25, 0.3) is 0 Å². The van der Waals surface area contributed by atoms with Crippen molar-refractivity contribution in [2.75, 3.05) is 12.3 Å². The lowest BCUT2D eigenvalue weighted by Crippen LogP contribution is -2.74. The third kappa shape index (κ3) is 4.04. The van der Waals surface area contributed by atoms with Gasteiger partial charge in [-0.25, -0.2) is 4.39 Å². The van der Waals surface area contributed by atoms with E-state index in [1.54, 1.807) is 0 Å². The molecule has 0 aromatic heterocycles. The highest BCUT2D eigenvalue weighted by atomic mass is 32.2. The molecular formula is C21H19FN2O4S2. The molecule has 1 unspecified atom stereocenters. The number of nitrogens with zero attached hydrogens (tertiary/aromatic N) is 1. The van der Waals surface area contributed by atoms with Crippen molar-refractivity contribution in [3.63, 3.8) is 0 Å². The summed E-state index contributed by atoms with van der Waals surface area (Å²) in [5.74, 6) is -1.67. The Bertz CT molecular complexity index is 973. The largest absolute Gasteiger partial charge is 0.480 e. The SMILES string of the molecule is O=C(Cc1ccccc1)N[C@@H]1C(=O)N2CC(Sc3ccc(F)cc3)(C(=O)O)CS[C@H]12. The molecule has 9 heteroatoms. The minimum atomic E-state index is -1.23. The highest BCUT2D eigenvalue weighted by molar-refractivity contribution is 8.05. The second-order valence-corrected chi connectivity index (χ2v) is 9.79. The molecular weight excluding hydrogens is 427 g/mol. The van der Waals surface area contributed by atoms with Crippen molar-refractivity contribution in [3.8, 4) is 0 Å². The van der Waals surface area contributed by atoms with Crippen LogP contribution in [0.2, 0.25) is 0 Å². The standard InChI is InChI=1S/C21H19FN2O4S2/c22-14-6-8-15(9-7-14)30-21(20(27)28)11-24-18(26)17(19(24)29-12-21)23-16(25)10-13-4-2-1-3-5-13/h1-9,17,19H,10-12H2,(H,23,25)(H,27,28)/t17-,19-,21?/m1/s1. The quantitative estimate of drug-likeness (QED) is 0.663.